The van der Waals surface area contributed by atoms with Crippen LogP contribution in [0.15, 0.2) is 47.4 Å². The third-order valence-electron chi connectivity index (χ3n) is 5.59. The van der Waals surface area contributed by atoms with Crippen LogP contribution in [0.2, 0.25) is 0 Å². The van der Waals surface area contributed by atoms with Crippen molar-refractivity contribution in [1.82, 2.24) is 4.31 Å². The molecule has 0 aromatic heterocycles. The Morgan fingerprint density at radius 1 is 1.06 bits per heavy atom. The van der Waals surface area contributed by atoms with Gasteiger partial charge in [-0.2, -0.15) is 4.31 Å². The molecule has 0 bridgehead atoms. The highest BCUT2D eigenvalue weighted by molar-refractivity contribution is 7.89. The van der Waals surface area contributed by atoms with Crippen LogP contribution in [0.5, 0.6) is 11.5 Å². The minimum atomic E-state index is -3.76. The van der Waals surface area contributed by atoms with Crippen LogP contribution in [-0.2, 0) is 14.8 Å². The van der Waals surface area contributed by atoms with Crippen LogP contribution >= 0.6 is 0 Å². The van der Waals surface area contributed by atoms with E-state index in [4.69, 9.17) is 9.47 Å². The molecule has 1 N–H and O–H groups in total. The second kappa shape index (κ2) is 9.70. The number of carbonyl (C=O) groups is 1. The van der Waals surface area contributed by atoms with E-state index >= 15 is 0 Å². The average Bonchev–Trinajstić information content (AvgIpc) is 2.78. The van der Waals surface area contributed by atoms with E-state index in [2.05, 4.69) is 19.2 Å². The molecule has 1 aliphatic heterocycles. The van der Waals surface area contributed by atoms with Gasteiger partial charge in [-0.25, -0.2) is 8.42 Å². The molecule has 1 saturated heterocycles. The minimum Gasteiger partial charge on any atom is -0.493 e. The van der Waals surface area contributed by atoms with Crippen LogP contribution in [-0.4, -0.2) is 45.9 Å². The van der Waals surface area contributed by atoms with E-state index in [0.29, 0.717) is 42.5 Å². The van der Waals surface area contributed by atoms with Crippen molar-refractivity contribution < 1.29 is 22.7 Å². The van der Waals surface area contributed by atoms with Gasteiger partial charge in [-0.3, -0.25) is 4.79 Å². The Labute approximate surface area is 184 Å². The van der Waals surface area contributed by atoms with Gasteiger partial charge in [0.1, 0.15) is 0 Å². The van der Waals surface area contributed by atoms with Crippen LogP contribution in [0.3, 0.4) is 0 Å². The molecule has 0 saturated carbocycles. The quantitative estimate of drug-likeness (QED) is 0.698. The van der Waals surface area contributed by atoms with E-state index in [1.165, 1.54) is 36.2 Å². The Hall–Kier alpha value is -2.58. The van der Waals surface area contributed by atoms with Crippen molar-refractivity contribution in [2.75, 3.05) is 32.6 Å². The van der Waals surface area contributed by atoms with Crippen molar-refractivity contribution in [2.45, 2.75) is 37.5 Å². The second-order valence-corrected chi connectivity index (χ2v) is 9.92. The third kappa shape index (κ3) is 5.19. The summed E-state index contributed by atoms with van der Waals surface area (Å²) in [5.41, 5.74) is 1.91. The van der Waals surface area contributed by atoms with Gasteiger partial charge in [0.2, 0.25) is 15.9 Å². The molecule has 31 heavy (non-hydrogen) atoms. The summed E-state index contributed by atoms with van der Waals surface area (Å²) < 4.78 is 38.2. The van der Waals surface area contributed by atoms with E-state index < -0.39 is 15.9 Å². The van der Waals surface area contributed by atoms with Crippen molar-refractivity contribution in [3.05, 3.63) is 48.0 Å². The summed E-state index contributed by atoms with van der Waals surface area (Å²) in [5, 5.41) is 2.93. The number of nitrogens with zero attached hydrogens (tertiary/aromatic N) is 1. The van der Waals surface area contributed by atoms with Crippen LogP contribution in [0.1, 0.15) is 38.2 Å². The SMILES string of the molecule is COc1ccc(S(=O)(=O)N2CCC[C@H](C(=O)Nc3ccc(C(C)C)cc3)C2)cc1OC. The lowest BCUT2D eigenvalue weighted by Gasteiger charge is -2.31. The summed E-state index contributed by atoms with van der Waals surface area (Å²) in [6, 6.07) is 12.3. The van der Waals surface area contributed by atoms with E-state index in [0.717, 1.165) is 0 Å². The monoisotopic (exact) mass is 446 g/mol. The molecular formula is C23H30N2O5S. The lowest BCUT2D eigenvalue weighted by atomic mass is 9.98. The first-order chi connectivity index (χ1) is 14.8. The third-order valence-corrected chi connectivity index (χ3v) is 7.45. The van der Waals surface area contributed by atoms with Gasteiger partial charge in [0.15, 0.2) is 11.5 Å². The number of hydrogen-bond donors (Lipinski definition) is 1. The number of rotatable bonds is 7. The second-order valence-electron chi connectivity index (χ2n) is 7.98. The Morgan fingerprint density at radius 3 is 2.35 bits per heavy atom. The number of piperidine rings is 1. The minimum absolute atomic E-state index is 0.121. The molecule has 0 spiro atoms. The molecule has 0 unspecified atom stereocenters. The van der Waals surface area contributed by atoms with Crippen molar-refractivity contribution in [1.29, 1.82) is 0 Å². The summed E-state index contributed by atoms with van der Waals surface area (Å²) in [4.78, 5) is 12.9. The molecular weight excluding hydrogens is 416 g/mol. The summed E-state index contributed by atoms with van der Waals surface area (Å²) in [5.74, 6) is 0.650. The molecule has 1 heterocycles. The Morgan fingerprint density at radius 2 is 1.74 bits per heavy atom. The number of methoxy groups -OCH3 is 2. The molecule has 3 rings (SSSR count). The molecule has 2 aromatic carbocycles. The van der Waals surface area contributed by atoms with Crippen molar-refractivity contribution >= 4 is 21.6 Å². The van der Waals surface area contributed by atoms with Gasteiger partial charge in [0.25, 0.3) is 0 Å². The number of amides is 1. The highest BCUT2D eigenvalue weighted by Gasteiger charge is 2.33. The summed E-state index contributed by atoms with van der Waals surface area (Å²) in [6.45, 7) is 4.75. The van der Waals surface area contributed by atoms with E-state index in [1.54, 1.807) is 6.07 Å². The predicted molar refractivity (Wildman–Crippen MR) is 120 cm³/mol. The van der Waals surface area contributed by atoms with Crippen LogP contribution < -0.4 is 14.8 Å². The van der Waals surface area contributed by atoms with Gasteiger partial charge in [0.05, 0.1) is 25.0 Å². The topological polar surface area (TPSA) is 84.9 Å². The Kier molecular flexibility index (Phi) is 7.23. The van der Waals surface area contributed by atoms with Gasteiger partial charge in [0, 0.05) is 24.8 Å². The lowest BCUT2D eigenvalue weighted by Crippen LogP contribution is -2.43. The first kappa shape index (κ1) is 23.1. The molecule has 0 aliphatic carbocycles. The van der Waals surface area contributed by atoms with Crippen molar-refractivity contribution in [3.8, 4) is 11.5 Å². The lowest BCUT2D eigenvalue weighted by molar-refractivity contribution is -0.120. The Balaban J connectivity index is 1.72. The zero-order valence-corrected chi connectivity index (χ0v) is 19.2. The van der Waals surface area contributed by atoms with Crippen LogP contribution in [0, 0.1) is 5.92 Å². The zero-order valence-electron chi connectivity index (χ0n) is 18.4. The maximum absolute atomic E-state index is 13.2. The maximum Gasteiger partial charge on any atom is 0.243 e. The molecule has 8 heteroatoms. The maximum atomic E-state index is 13.2. The van der Waals surface area contributed by atoms with Gasteiger partial charge < -0.3 is 14.8 Å². The molecule has 1 aliphatic rings. The summed E-state index contributed by atoms with van der Waals surface area (Å²) in [6.07, 6.45) is 1.27. The fraction of sp³-hybridized carbons (Fsp3) is 0.435. The smallest absolute Gasteiger partial charge is 0.243 e. The first-order valence-electron chi connectivity index (χ1n) is 10.4. The predicted octanol–water partition coefficient (Wildman–Crippen LogP) is 3.87. The van der Waals surface area contributed by atoms with E-state index in [9.17, 15) is 13.2 Å². The number of carbonyl (C=O) groups excluding carboxylic acids is 1. The molecule has 1 atom stereocenters. The van der Waals surface area contributed by atoms with Gasteiger partial charge >= 0.3 is 0 Å². The highest BCUT2D eigenvalue weighted by Crippen LogP contribution is 2.32. The molecule has 1 amide bonds. The molecule has 168 valence electrons. The highest BCUT2D eigenvalue weighted by atomic mass is 32.2. The fourth-order valence-corrected chi connectivity index (χ4v) is 5.24. The number of ether oxygens (including phenoxy) is 2. The number of nitrogens with one attached hydrogen (secondary N) is 1. The van der Waals surface area contributed by atoms with Gasteiger partial charge in [-0.1, -0.05) is 26.0 Å². The molecule has 0 radical (unpaired) electrons. The summed E-state index contributed by atoms with van der Waals surface area (Å²) in [7, 11) is -0.798. The largest absolute Gasteiger partial charge is 0.493 e. The molecule has 2 aromatic rings. The summed E-state index contributed by atoms with van der Waals surface area (Å²) >= 11 is 0. The average molecular weight is 447 g/mol. The van der Waals surface area contributed by atoms with Crippen LogP contribution in [0.4, 0.5) is 5.69 Å². The van der Waals surface area contributed by atoms with Crippen molar-refractivity contribution in [2.24, 2.45) is 5.92 Å². The zero-order chi connectivity index (χ0) is 22.6. The number of anilines is 1. The van der Waals surface area contributed by atoms with E-state index in [-0.39, 0.29) is 17.3 Å². The number of benzene rings is 2. The fourth-order valence-electron chi connectivity index (χ4n) is 3.70. The van der Waals surface area contributed by atoms with Crippen molar-refractivity contribution in [3.63, 3.8) is 0 Å². The number of hydrogen-bond acceptors (Lipinski definition) is 5. The standard InChI is InChI=1S/C23H30N2O5S/c1-16(2)17-7-9-19(10-8-17)24-23(26)18-6-5-13-25(15-18)31(27,28)20-11-12-21(29-3)22(14-20)30-4/h7-12,14,16,18H,5-6,13,15H2,1-4H3,(H,24,26)/t18-/m0/s1. The number of sulfonamides is 1. The van der Waals surface area contributed by atoms with Gasteiger partial charge in [-0.15, -0.1) is 0 Å². The first-order valence-corrected chi connectivity index (χ1v) is 11.8. The van der Waals surface area contributed by atoms with Gasteiger partial charge in [-0.05, 0) is 48.6 Å². The van der Waals surface area contributed by atoms with Crippen LogP contribution in [0.25, 0.3) is 0 Å². The molecule has 1 fully saturated rings. The normalized spacial score (nSPS) is 17.4. The Bertz CT molecular complexity index is 1020. The molecule has 7 nitrogen and oxygen atoms in total. The van der Waals surface area contributed by atoms with E-state index in [1.807, 2.05) is 24.3 Å².